The van der Waals surface area contributed by atoms with Gasteiger partial charge in [-0.05, 0) is 12.0 Å². The van der Waals surface area contributed by atoms with E-state index in [2.05, 4.69) is 34.0 Å². The number of halogens is 3. The van der Waals surface area contributed by atoms with Crippen LogP contribution in [0.25, 0.3) is 5.82 Å². The van der Waals surface area contributed by atoms with E-state index in [9.17, 15) is 22.8 Å². The van der Waals surface area contributed by atoms with E-state index in [0.29, 0.717) is 36.8 Å². The Morgan fingerprint density at radius 2 is 1.89 bits per heavy atom. The van der Waals surface area contributed by atoms with Gasteiger partial charge in [0.15, 0.2) is 11.5 Å². The molecule has 0 radical (unpaired) electrons. The topological polar surface area (TPSA) is 87.1 Å². The van der Waals surface area contributed by atoms with Crippen LogP contribution in [-0.4, -0.2) is 68.4 Å². The second-order valence-corrected chi connectivity index (χ2v) is 7.08. The predicted molar refractivity (Wildman–Crippen MR) is 94.2 cm³/mol. The fraction of sp³-hybridized carbons (Fsp3) is 0.529. The van der Waals surface area contributed by atoms with Crippen LogP contribution in [0.5, 0.6) is 0 Å². The zero-order chi connectivity index (χ0) is 20.5. The van der Waals surface area contributed by atoms with Crippen molar-refractivity contribution in [2.45, 2.75) is 20.0 Å². The summed E-state index contributed by atoms with van der Waals surface area (Å²) in [5, 5.41) is 9.35. The molecular formula is C17H21F3N6O2. The van der Waals surface area contributed by atoms with Crippen LogP contribution in [0.3, 0.4) is 0 Å². The van der Waals surface area contributed by atoms with Gasteiger partial charge in [0.05, 0.1) is 11.8 Å². The fourth-order valence-corrected chi connectivity index (χ4v) is 3.23. The molecule has 1 fully saturated rings. The Morgan fingerprint density at radius 3 is 2.43 bits per heavy atom. The highest BCUT2D eigenvalue weighted by Crippen LogP contribution is 2.33. The first-order valence-corrected chi connectivity index (χ1v) is 8.89. The van der Waals surface area contributed by atoms with Gasteiger partial charge in [-0.1, -0.05) is 13.8 Å². The van der Waals surface area contributed by atoms with E-state index >= 15 is 0 Å². The molecule has 0 bridgehead atoms. The highest BCUT2D eigenvalue weighted by Gasteiger charge is 2.42. The molecule has 0 spiro atoms. The van der Waals surface area contributed by atoms with Crippen LogP contribution in [-0.2, 0) is 6.18 Å². The number of amides is 1. The number of carbonyl (C=O) groups is 1. The molecule has 0 aliphatic carbocycles. The van der Waals surface area contributed by atoms with Crippen molar-refractivity contribution < 1.29 is 18.0 Å². The van der Waals surface area contributed by atoms with E-state index in [0.717, 1.165) is 24.9 Å². The molecule has 0 aromatic carbocycles. The van der Waals surface area contributed by atoms with Gasteiger partial charge in [0.1, 0.15) is 0 Å². The number of nitrogens with one attached hydrogen (secondary N) is 1. The molecule has 0 saturated carbocycles. The normalized spacial score (nSPS) is 16.0. The number of aromatic nitrogens is 4. The van der Waals surface area contributed by atoms with E-state index < -0.39 is 28.9 Å². The van der Waals surface area contributed by atoms with Gasteiger partial charge in [-0.3, -0.25) is 14.5 Å². The van der Waals surface area contributed by atoms with Crippen molar-refractivity contribution in [3.63, 3.8) is 0 Å². The zero-order valence-electron chi connectivity index (χ0n) is 15.5. The smallest absolute Gasteiger partial charge is 0.336 e. The van der Waals surface area contributed by atoms with Crippen LogP contribution in [0, 0.1) is 5.92 Å². The molecule has 1 saturated heterocycles. The Bertz CT molecular complexity index is 877. The zero-order valence-corrected chi connectivity index (χ0v) is 15.5. The van der Waals surface area contributed by atoms with Gasteiger partial charge in [-0.15, -0.1) is 0 Å². The number of nitrogens with zero attached hydrogens (tertiary/aromatic N) is 5. The number of H-pyrrole nitrogens is 1. The van der Waals surface area contributed by atoms with Crippen molar-refractivity contribution in [2.75, 3.05) is 32.7 Å². The van der Waals surface area contributed by atoms with Crippen molar-refractivity contribution in [3.05, 3.63) is 39.9 Å². The third kappa shape index (κ3) is 4.24. The third-order valence-electron chi connectivity index (χ3n) is 4.43. The van der Waals surface area contributed by atoms with Gasteiger partial charge in [0, 0.05) is 38.8 Å². The van der Waals surface area contributed by atoms with E-state index in [1.54, 1.807) is 0 Å². The second kappa shape index (κ2) is 7.74. The first kappa shape index (κ1) is 20.1. The first-order chi connectivity index (χ1) is 13.2. The van der Waals surface area contributed by atoms with Crippen LogP contribution in [0.4, 0.5) is 13.2 Å². The fourth-order valence-electron chi connectivity index (χ4n) is 3.23. The minimum Gasteiger partial charge on any atom is -0.336 e. The number of hydrogen-bond donors (Lipinski definition) is 1. The van der Waals surface area contributed by atoms with Gasteiger partial charge < -0.3 is 4.90 Å². The molecule has 11 heteroatoms. The largest absolute Gasteiger partial charge is 0.434 e. The summed E-state index contributed by atoms with van der Waals surface area (Å²) >= 11 is 0. The Balaban J connectivity index is 1.87. The van der Waals surface area contributed by atoms with Crippen molar-refractivity contribution in [3.8, 4) is 5.82 Å². The van der Waals surface area contributed by atoms with Crippen LogP contribution >= 0.6 is 0 Å². The first-order valence-electron chi connectivity index (χ1n) is 8.89. The summed E-state index contributed by atoms with van der Waals surface area (Å²) in [5.74, 6) is -0.470. The monoisotopic (exact) mass is 398 g/mol. The Hall–Kier alpha value is -2.69. The molecule has 1 amide bonds. The second-order valence-electron chi connectivity index (χ2n) is 7.08. The summed E-state index contributed by atoms with van der Waals surface area (Å²) in [6.07, 6.45) is -3.92. The van der Waals surface area contributed by atoms with Crippen molar-refractivity contribution in [1.29, 1.82) is 0 Å². The van der Waals surface area contributed by atoms with Gasteiger partial charge in [-0.2, -0.15) is 23.4 Å². The van der Waals surface area contributed by atoms with Gasteiger partial charge in [0.2, 0.25) is 0 Å². The number of hydrogen-bond acceptors (Lipinski definition) is 5. The molecule has 0 unspecified atom stereocenters. The predicted octanol–water partition coefficient (Wildman–Crippen LogP) is 1.39. The highest BCUT2D eigenvalue weighted by atomic mass is 19.4. The Kier molecular flexibility index (Phi) is 5.54. The summed E-state index contributed by atoms with van der Waals surface area (Å²) in [7, 11) is 0. The molecule has 2 aromatic heterocycles. The summed E-state index contributed by atoms with van der Waals surface area (Å²) in [6.45, 7) is 6.99. The number of alkyl halides is 3. The standard InChI is InChI=1S/C17H21F3N6O2/c1-11(2)10-24-5-7-25(8-6-24)16(28)12-9-21-26(15(12)17(18,19)20)13-3-4-14(27)23-22-13/h3-4,9,11H,5-8,10H2,1-2H3,(H,23,27). The third-order valence-corrected chi connectivity index (χ3v) is 4.43. The molecule has 1 aliphatic heterocycles. The van der Waals surface area contributed by atoms with E-state index in [-0.39, 0.29) is 5.82 Å². The van der Waals surface area contributed by atoms with E-state index in [4.69, 9.17) is 0 Å². The molecule has 8 nitrogen and oxygen atoms in total. The molecule has 28 heavy (non-hydrogen) atoms. The molecule has 3 heterocycles. The lowest BCUT2D eigenvalue weighted by atomic mass is 10.1. The molecule has 152 valence electrons. The average Bonchev–Trinajstić information content (AvgIpc) is 3.07. The quantitative estimate of drug-likeness (QED) is 0.841. The van der Waals surface area contributed by atoms with Crippen molar-refractivity contribution in [1.82, 2.24) is 29.8 Å². The Morgan fingerprint density at radius 1 is 1.21 bits per heavy atom. The van der Waals surface area contributed by atoms with Gasteiger partial charge >= 0.3 is 6.18 Å². The average molecular weight is 398 g/mol. The lowest BCUT2D eigenvalue weighted by molar-refractivity contribution is -0.143. The lowest BCUT2D eigenvalue weighted by Gasteiger charge is -2.35. The number of piperazine rings is 1. The summed E-state index contributed by atoms with van der Waals surface area (Å²) < 4.78 is 41.6. The summed E-state index contributed by atoms with van der Waals surface area (Å²) in [6, 6.07) is 2.15. The maximum Gasteiger partial charge on any atom is 0.434 e. The van der Waals surface area contributed by atoms with E-state index in [1.807, 2.05) is 0 Å². The molecule has 0 atom stereocenters. The highest BCUT2D eigenvalue weighted by molar-refractivity contribution is 5.95. The molecule has 3 rings (SSSR count). The molecule has 1 N–H and O–H groups in total. The summed E-state index contributed by atoms with van der Waals surface area (Å²) in [4.78, 5) is 27.5. The summed E-state index contributed by atoms with van der Waals surface area (Å²) in [5.41, 5.74) is -2.29. The SMILES string of the molecule is CC(C)CN1CCN(C(=O)c2cnn(-c3ccc(=O)[nH]n3)c2C(F)(F)F)CC1. The van der Waals surface area contributed by atoms with Crippen LogP contribution in [0.1, 0.15) is 29.9 Å². The maximum absolute atomic E-state index is 13.7. The lowest BCUT2D eigenvalue weighted by Crippen LogP contribution is -2.49. The van der Waals surface area contributed by atoms with Crippen LogP contribution in [0.2, 0.25) is 0 Å². The number of carbonyl (C=O) groups excluding carboxylic acids is 1. The van der Waals surface area contributed by atoms with Gasteiger partial charge in [0.25, 0.3) is 11.5 Å². The molecular weight excluding hydrogens is 377 g/mol. The van der Waals surface area contributed by atoms with Crippen molar-refractivity contribution >= 4 is 5.91 Å². The minimum absolute atomic E-state index is 0.229. The van der Waals surface area contributed by atoms with Gasteiger partial charge in [-0.25, -0.2) is 9.78 Å². The molecule has 2 aromatic rings. The number of rotatable bonds is 4. The maximum atomic E-state index is 13.7. The Labute approximate surface area is 158 Å². The molecule has 1 aliphatic rings. The van der Waals surface area contributed by atoms with Crippen molar-refractivity contribution in [2.24, 2.45) is 5.92 Å². The van der Waals surface area contributed by atoms with E-state index in [1.165, 1.54) is 4.90 Å². The van der Waals surface area contributed by atoms with Crippen LogP contribution in [0.15, 0.2) is 23.1 Å². The minimum atomic E-state index is -4.82. The van der Waals surface area contributed by atoms with Crippen LogP contribution < -0.4 is 5.56 Å². The number of aromatic amines is 1.